The molecule has 66 valence electrons. The van der Waals surface area contributed by atoms with E-state index in [1.807, 2.05) is 19.9 Å². The molecular weight excluding hydrogens is 160 g/mol. The maximum absolute atomic E-state index is 4.25. The van der Waals surface area contributed by atoms with Crippen LogP contribution < -0.4 is 0 Å². The van der Waals surface area contributed by atoms with Gasteiger partial charge in [-0.1, -0.05) is 5.92 Å². The second kappa shape index (κ2) is 3.18. The molecule has 0 bridgehead atoms. The Morgan fingerprint density at radius 1 is 1.31 bits per heavy atom. The van der Waals surface area contributed by atoms with Crippen molar-refractivity contribution >= 4 is 0 Å². The van der Waals surface area contributed by atoms with Crippen LogP contribution in [0.1, 0.15) is 30.1 Å². The molecule has 2 nitrogen and oxygen atoms in total. The maximum atomic E-state index is 4.25. The highest BCUT2D eigenvalue weighted by atomic mass is 14.9. The van der Waals surface area contributed by atoms with E-state index in [1.165, 1.54) is 12.8 Å². The molecule has 0 amide bonds. The monoisotopic (exact) mass is 172 g/mol. The Labute approximate surface area is 78.4 Å². The van der Waals surface area contributed by atoms with Gasteiger partial charge in [0.15, 0.2) is 0 Å². The zero-order chi connectivity index (χ0) is 9.26. The number of nitrogens with zero attached hydrogens (tertiary/aromatic N) is 2. The minimum Gasteiger partial charge on any atom is -0.238 e. The number of hydrogen-bond acceptors (Lipinski definition) is 2. The van der Waals surface area contributed by atoms with E-state index < -0.39 is 0 Å². The van der Waals surface area contributed by atoms with Gasteiger partial charge in [0.05, 0.1) is 0 Å². The molecule has 0 aliphatic heterocycles. The van der Waals surface area contributed by atoms with Crippen molar-refractivity contribution in [2.45, 2.75) is 26.7 Å². The second-order valence-corrected chi connectivity index (χ2v) is 3.49. The zero-order valence-electron chi connectivity index (χ0n) is 7.96. The highest BCUT2D eigenvalue weighted by Gasteiger charge is 2.17. The standard InChI is InChI=1S/C11H12N2/c1-8-7-11(13-9(2)12-8)6-5-10-3-4-10/h7,10H,3-4H2,1-2H3. The van der Waals surface area contributed by atoms with Crippen LogP contribution in [0.3, 0.4) is 0 Å². The van der Waals surface area contributed by atoms with Gasteiger partial charge in [-0.15, -0.1) is 0 Å². The lowest BCUT2D eigenvalue weighted by molar-refractivity contribution is 0.999. The summed E-state index contributed by atoms with van der Waals surface area (Å²) in [5.41, 5.74) is 1.85. The van der Waals surface area contributed by atoms with Crippen molar-refractivity contribution in [2.75, 3.05) is 0 Å². The molecule has 0 spiro atoms. The summed E-state index contributed by atoms with van der Waals surface area (Å²) in [5.74, 6) is 7.71. The lowest BCUT2D eigenvalue weighted by Gasteiger charge is -1.95. The summed E-state index contributed by atoms with van der Waals surface area (Å²) in [6.45, 7) is 3.87. The molecular formula is C11H12N2. The summed E-state index contributed by atoms with van der Waals surface area (Å²) < 4.78 is 0. The first kappa shape index (κ1) is 8.25. The second-order valence-electron chi connectivity index (χ2n) is 3.49. The van der Waals surface area contributed by atoms with Crippen molar-refractivity contribution in [2.24, 2.45) is 5.92 Å². The Hall–Kier alpha value is -1.36. The van der Waals surface area contributed by atoms with Crippen LogP contribution in [-0.4, -0.2) is 9.97 Å². The fourth-order valence-corrected chi connectivity index (χ4v) is 1.18. The predicted molar refractivity (Wildman–Crippen MR) is 51.1 cm³/mol. The highest BCUT2D eigenvalue weighted by molar-refractivity contribution is 5.30. The highest BCUT2D eigenvalue weighted by Crippen LogP contribution is 2.27. The Balaban J connectivity index is 2.25. The summed E-state index contributed by atoms with van der Waals surface area (Å²) >= 11 is 0. The van der Waals surface area contributed by atoms with E-state index in [4.69, 9.17) is 0 Å². The van der Waals surface area contributed by atoms with Gasteiger partial charge < -0.3 is 0 Å². The molecule has 1 heterocycles. The largest absolute Gasteiger partial charge is 0.238 e. The van der Waals surface area contributed by atoms with Crippen molar-refractivity contribution in [1.29, 1.82) is 0 Å². The lowest BCUT2D eigenvalue weighted by atomic mass is 10.3. The Morgan fingerprint density at radius 3 is 2.69 bits per heavy atom. The zero-order valence-corrected chi connectivity index (χ0v) is 7.96. The van der Waals surface area contributed by atoms with Crippen LogP contribution in [0.15, 0.2) is 6.07 Å². The van der Waals surface area contributed by atoms with Crippen LogP contribution in [0.4, 0.5) is 0 Å². The third-order valence-corrected chi connectivity index (χ3v) is 1.95. The minimum atomic E-state index is 0.635. The third-order valence-electron chi connectivity index (χ3n) is 1.95. The Kier molecular flexibility index (Phi) is 2.02. The molecule has 1 aromatic rings. The smallest absolute Gasteiger partial charge is 0.126 e. The number of aromatic nitrogens is 2. The average molecular weight is 172 g/mol. The molecule has 0 radical (unpaired) electrons. The van der Waals surface area contributed by atoms with Gasteiger partial charge in [0.1, 0.15) is 11.5 Å². The molecule has 0 saturated heterocycles. The van der Waals surface area contributed by atoms with E-state index in [-0.39, 0.29) is 0 Å². The van der Waals surface area contributed by atoms with Gasteiger partial charge in [-0.25, -0.2) is 9.97 Å². The van der Waals surface area contributed by atoms with Crippen LogP contribution in [0, 0.1) is 31.6 Å². The van der Waals surface area contributed by atoms with Crippen LogP contribution in [-0.2, 0) is 0 Å². The van der Waals surface area contributed by atoms with Crippen molar-refractivity contribution in [3.63, 3.8) is 0 Å². The van der Waals surface area contributed by atoms with E-state index in [0.29, 0.717) is 5.92 Å². The summed E-state index contributed by atoms with van der Waals surface area (Å²) in [6, 6.07) is 1.93. The van der Waals surface area contributed by atoms with Crippen molar-refractivity contribution in [3.05, 3.63) is 23.3 Å². The van der Waals surface area contributed by atoms with Crippen molar-refractivity contribution in [1.82, 2.24) is 9.97 Å². The number of aryl methyl sites for hydroxylation is 2. The lowest BCUT2D eigenvalue weighted by Crippen LogP contribution is -1.93. The van der Waals surface area contributed by atoms with E-state index in [2.05, 4.69) is 21.8 Å². The molecule has 2 heteroatoms. The first-order valence-electron chi connectivity index (χ1n) is 4.58. The first-order chi connectivity index (χ1) is 6.24. The molecule has 1 aromatic heterocycles. The third kappa shape index (κ3) is 2.29. The molecule has 1 aliphatic carbocycles. The van der Waals surface area contributed by atoms with Gasteiger partial charge in [-0.3, -0.25) is 0 Å². The van der Waals surface area contributed by atoms with Crippen LogP contribution in [0.2, 0.25) is 0 Å². The summed E-state index contributed by atoms with van der Waals surface area (Å²) in [6.07, 6.45) is 2.52. The van der Waals surface area contributed by atoms with Crippen LogP contribution >= 0.6 is 0 Å². The summed E-state index contributed by atoms with van der Waals surface area (Å²) in [5, 5.41) is 0. The predicted octanol–water partition coefficient (Wildman–Crippen LogP) is 1.85. The van der Waals surface area contributed by atoms with Gasteiger partial charge in [0.25, 0.3) is 0 Å². The fraction of sp³-hybridized carbons (Fsp3) is 0.455. The summed E-state index contributed by atoms with van der Waals surface area (Å²) in [4.78, 5) is 8.45. The van der Waals surface area contributed by atoms with Crippen molar-refractivity contribution < 1.29 is 0 Å². The molecule has 0 atom stereocenters. The van der Waals surface area contributed by atoms with E-state index >= 15 is 0 Å². The molecule has 1 saturated carbocycles. The van der Waals surface area contributed by atoms with E-state index in [9.17, 15) is 0 Å². The molecule has 1 aliphatic rings. The number of hydrogen-bond donors (Lipinski definition) is 0. The van der Waals surface area contributed by atoms with E-state index in [1.54, 1.807) is 0 Å². The number of rotatable bonds is 0. The van der Waals surface area contributed by atoms with Crippen LogP contribution in [0.25, 0.3) is 0 Å². The topological polar surface area (TPSA) is 25.8 Å². The molecule has 2 rings (SSSR count). The van der Waals surface area contributed by atoms with Gasteiger partial charge >= 0.3 is 0 Å². The van der Waals surface area contributed by atoms with E-state index in [0.717, 1.165) is 17.2 Å². The molecule has 0 aromatic carbocycles. The SMILES string of the molecule is Cc1cc(C#CC2CC2)nc(C)n1. The van der Waals surface area contributed by atoms with Gasteiger partial charge in [0.2, 0.25) is 0 Å². The first-order valence-corrected chi connectivity index (χ1v) is 4.58. The Morgan fingerprint density at radius 2 is 2.08 bits per heavy atom. The summed E-state index contributed by atoms with van der Waals surface area (Å²) in [7, 11) is 0. The minimum absolute atomic E-state index is 0.635. The molecule has 0 unspecified atom stereocenters. The Bertz CT molecular complexity index is 361. The van der Waals surface area contributed by atoms with Crippen molar-refractivity contribution in [3.8, 4) is 11.8 Å². The van der Waals surface area contributed by atoms with Gasteiger partial charge in [-0.2, -0.15) is 0 Å². The normalized spacial score (nSPS) is 14.9. The molecule has 13 heavy (non-hydrogen) atoms. The average Bonchev–Trinajstić information content (AvgIpc) is 2.81. The maximum Gasteiger partial charge on any atom is 0.126 e. The van der Waals surface area contributed by atoms with Crippen LogP contribution in [0.5, 0.6) is 0 Å². The fourth-order valence-electron chi connectivity index (χ4n) is 1.18. The quantitative estimate of drug-likeness (QED) is 0.558. The van der Waals surface area contributed by atoms with Gasteiger partial charge in [-0.05, 0) is 38.7 Å². The molecule has 0 N–H and O–H groups in total. The van der Waals surface area contributed by atoms with Gasteiger partial charge in [0, 0.05) is 11.6 Å². The molecule has 1 fully saturated rings.